The number of hydrogen-bond donors (Lipinski definition) is 0. The van der Waals surface area contributed by atoms with Crippen LogP contribution in [0.4, 0.5) is 18.9 Å². The number of halogens is 3. The highest BCUT2D eigenvalue weighted by atomic mass is 19.4. The highest BCUT2D eigenvalue weighted by molar-refractivity contribution is 6.12. The largest absolute Gasteiger partial charge is 0.408 e. The van der Waals surface area contributed by atoms with Crippen LogP contribution in [0.3, 0.4) is 0 Å². The van der Waals surface area contributed by atoms with Crippen molar-refractivity contribution in [3.63, 3.8) is 0 Å². The summed E-state index contributed by atoms with van der Waals surface area (Å²) >= 11 is 0. The summed E-state index contributed by atoms with van der Waals surface area (Å²) in [5.74, 6) is -0.509. The Balaban J connectivity index is 1.49. The van der Waals surface area contributed by atoms with Crippen molar-refractivity contribution in [1.29, 1.82) is 0 Å². The lowest BCUT2D eigenvalue weighted by Gasteiger charge is -2.30. The summed E-state index contributed by atoms with van der Waals surface area (Å²) < 4.78 is 44.6. The van der Waals surface area contributed by atoms with Crippen LogP contribution in [-0.2, 0) is 16.8 Å². The van der Waals surface area contributed by atoms with Crippen LogP contribution in [0, 0.1) is 6.92 Å². The number of hydrogen-bond acceptors (Lipinski definition) is 6. The fourth-order valence-electron chi connectivity index (χ4n) is 4.83. The maximum Gasteiger partial charge on any atom is 0.408 e. The average Bonchev–Trinajstić information content (AvgIpc) is 3.36. The second kappa shape index (κ2) is 8.94. The van der Waals surface area contributed by atoms with Gasteiger partial charge in [-0.1, -0.05) is 0 Å². The van der Waals surface area contributed by atoms with Crippen LogP contribution in [0.5, 0.6) is 0 Å². The van der Waals surface area contributed by atoms with Crippen LogP contribution in [0.2, 0.25) is 0 Å². The summed E-state index contributed by atoms with van der Waals surface area (Å²) in [4.78, 5) is 38.6. The van der Waals surface area contributed by atoms with E-state index in [9.17, 15) is 22.8 Å². The van der Waals surface area contributed by atoms with E-state index < -0.39 is 18.3 Å². The number of ether oxygens (including phenoxy) is 1. The minimum atomic E-state index is -4.43. The van der Waals surface area contributed by atoms with Crippen molar-refractivity contribution in [2.24, 2.45) is 0 Å². The first-order valence-corrected chi connectivity index (χ1v) is 11.7. The molecular formula is C25H25F3N6O3. The zero-order chi connectivity index (χ0) is 26.5. The molecule has 5 rings (SSSR count). The smallest absolute Gasteiger partial charge is 0.378 e. The van der Waals surface area contributed by atoms with Gasteiger partial charge in [0, 0.05) is 37.2 Å². The molecule has 194 valence electrons. The normalized spacial score (nSPS) is 17.3. The maximum atomic E-state index is 13.4. The second-order valence-electron chi connectivity index (χ2n) is 9.63. The molecule has 0 aliphatic carbocycles. The lowest BCUT2D eigenvalue weighted by atomic mass is 9.96. The highest BCUT2D eigenvalue weighted by Gasteiger charge is 2.47. The molecule has 1 fully saturated rings. The standard InChI is InChI=1S/C25H25F3N6O3/c1-15-8-19(16-9-17(11-29-10-16)22(35)32-4-6-37-7-5-32)31-21-20(15)23(36)34(24(21,2)3)18-12-30-33(13-18)14-25(26,27)28/h8-13H,4-7,14H2,1-3H3. The van der Waals surface area contributed by atoms with Crippen molar-refractivity contribution in [1.82, 2.24) is 24.6 Å². The number of carbonyl (C=O) groups excluding carboxylic acids is 2. The Morgan fingerprint density at radius 1 is 1.14 bits per heavy atom. The number of rotatable bonds is 4. The SMILES string of the molecule is Cc1cc(-c2cncc(C(=O)N3CCOCC3)c2)nc2c1C(=O)N(c1cnn(CC(F)(F)F)c1)C2(C)C. The molecule has 0 bridgehead atoms. The van der Waals surface area contributed by atoms with E-state index in [2.05, 4.69) is 10.1 Å². The topological polar surface area (TPSA) is 93.5 Å². The molecule has 2 aliphatic rings. The third-order valence-electron chi connectivity index (χ3n) is 6.57. The number of aromatic nitrogens is 4. The van der Waals surface area contributed by atoms with E-state index in [1.165, 1.54) is 23.5 Å². The number of carbonyl (C=O) groups is 2. The lowest BCUT2D eigenvalue weighted by molar-refractivity contribution is -0.142. The van der Waals surface area contributed by atoms with E-state index in [-0.39, 0.29) is 17.5 Å². The van der Waals surface area contributed by atoms with Gasteiger partial charge < -0.3 is 9.64 Å². The molecule has 0 radical (unpaired) electrons. The molecule has 3 aromatic heterocycles. The van der Waals surface area contributed by atoms with Crippen LogP contribution in [-0.4, -0.2) is 68.9 Å². The third-order valence-corrected chi connectivity index (χ3v) is 6.57. The second-order valence-corrected chi connectivity index (χ2v) is 9.63. The predicted molar refractivity (Wildman–Crippen MR) is 127 cm³/mol. The average molecular weight is 515 g/mol. The Morgan fingerprint density at radius 2 is 1.86 bits per heavy atom. The van der Waals surface area contributed by atoms with E-state index in [4.69, 9.17) is 9.72 Å². The molecule has 5 heterocycles. The molecule has 0 unspecified atom stereocenters. The molecule has 0 saturated carbocycles. The van der Waals surface area contributed by atoms with Gasteiger partial charge in [-0.3, -0.25) is 24.2 Å². The number of nitrogens with zero attached hydrogens (tertiary/aromatic N) is 6. The molecule has 2 amide bonds. The number of amides is 2. The first kappa shape index (κ1) is 24.9. The molecule has 1 saturated heterocycles. The van der Waals surface area contributed by atoms with Crippen LogP contribution in [0.1, 0.15) is 45.8 Å². The summed E-state index contributed by atoms with van der Waals surface area (Å²) in [5.41, 5.74) is 2.40. The number of morpholine rings is 1. The van der Waals surface area contributed by atoms with Gasteiger partial charge in [0.15, 0.2) is 0 Å². The van der Waals surface area contributed by atoms with E-state index in [0.717, 1.165) is 4.68 Å². The van der Waals surface area contributed by atoms with Crippen molar-refractivity contribution >= 4 is 17.5 Å². The zero-order valence-corrected chi connectivity index (χ0v) is 20.5. The van der Waals surface area contributed by atoms with E-state index >= 15 is 0 Å². The monoisotopic (exact) mass is 514 g/mol. The Hall–Kier alpha value is -3.80. The fourth-order valence-corrected chi connectivity index (χ4v) is 4.83. The number of anilines is 1. The predicted octanol–water partition coefficient (Wildman–Crippen LogP) is 3.58. The minimum absolute atomic E-state index is 0.145. The van der Waals surface area contributed by atoms with Gasteiger partial charge in [-0.2, -0.15) is 18.3 Å². The van der Waals surface area contributed by atoms with Crippen molar-refractivity contribution in [3.8, 4) is 11.3 Å². The first-order valence-electron chi connectivity index (χ1n) is 11.7. The van der Waals surface area contributed by atoms with Gasteiger partial charge in [0.05, 0.1) is 53.2 Å². The summed E-state index contributed by atoms with van der Waals surface area (Å²) in [5, 5.41) is 3.79. The molecule has 3 aromatic rings. The number of alkyl halides is 3. The molecule has 37 heavy (non-hydrogen) atoms. The number of pyridine rings is 2. The summed E-state index contributed by atoms with van der Waals surface area (Å²) in [6.45, 7) is 6.07. The lowest BCUT2D eigenvalue weighted by Crippen LogP contribution is -2.40. The van der Waals surface area contributed by atoms with Gasteiger partial charge >= 0.3 is 6.18 Å². The van der Waals surface area contributed by atoms with Gasteiger partial charge in [-0.05, 0) is 38.5 Å². The van der Waals surface area contributed by atoms with Gasteiger partial charge in [-0.15, -0.1) is 0 Å². The Kier molecular flexibility index (Phi) is 6.01. The van der Waals surface area contributed by atoms with E-state index in [1.807, 2.05) is 0 Å². The summed E-state index contributed by atoms with van der Waals surface area (Å²) in [7, 11) is 0. The van der Waals surface area contributed by atoms with Crippen LogP contribution in [0.15, 0.2) is 36.9 Å². The van der Waals surface area contributed by atoms with Crippen molar-refractivity contribution in [3.05, 3.63) is 59.3 Å². The Labute approximate surface area is 210 Å². The van der Waals surface area contributed by atoms with Gasteiger partial charge in [0.1, 0.15) is 6.54 Å². The molecule has 9 nitrogen and oxygen atoms in total. The summed E-state index contributed by atoms with van der Waals surface area (Å²) in [6.07, 6.45) is 1.13. The van der Waals surface area contributed by atoms with Gasteiger partial charge in [-0.25, -0.2) is 4.98 Å². The quantitative estimate of drug-likeness (QED) is 0.529. The molecule has 0 aromatic carbocycles. The Bertz CT molecular complexity index is 1380. The minimum Gasteiger partial charge on any atom is -0.378 e. The molecule has 0 spiro atoms. The molecule has 0 N–H and O–H groups in total. The van der Waals surface area contributed by atoms with Crippen molar-refractivity contribution < 1.29 is 27.5 Å². The molecule has 12 heteroatoms. The Morgan fingerprint density at radius 3 is 2.57 bits per heavy atom. The third kappa shape index (κ3) is 4.57. The fraction of sp³-hybridized carbons (Fsp3) is 0.400. The first-order chi connectivity index (χ1) is 17.5. The number of aryl methyl sites for hydroxylation is 1. The van der Waals surface area contributed by atoms with Gasteiger partial charge in [0.25, 0.3) is 11.8 Å². The maximum absolute atomic E-state index is 13.4. The summed E-state index contributed by atoms with van der Waals surface area (Å²) in [6, 6.07) is 3.48. The van der Waals surface area contributed by atoms with E-state index in [0.29, 0.717) is 59.9 Å². The number of fused-ring (bicyclic) bond motifs is 1. The van der Waals surface area contributed by atoms with Crippen molar-refractivity contribution in [2.75, 3.05) is 31.2 Å². The highest BCUT2D eigenvalue weighted by Crippen LogP contribution is 2.43. The van der Waals surface area contributed by atoms with Crippen LogP contribution < -0.4 is 4.90 Å². The van der Waals surface area contributed by atoms with E-state index in [1.54, 1.807) is 44.0 Å². The van der Waals surface area contributed by atoms with Crippen LogP contribution >= 0.6 is 0 Å². The molecule has 0 atom stereocenters. The van der Waals surface area contributed by atoms with Crippen molar-refractivity contribution in [2.45, 2.75) is 39.0 Å². The molecular weight excluding hydrogens is 489 g/mol. The molecule has 2 aliphatic heterocycles. The zero-order valence-electron chi connectivity index (χ0n) is 20.5. The van der Waals surface area contributed by atoms with Crippen LogP contribution in [0.25, 0.3) is 11.3 Å². The van der Waals surface area contributed by atoms with Gasteiger partial charge in [0.2, 0.25) is 0 Å².